The van der Waals surface area contributed by atoms with Crippen LogP contribution in [0.2, 0.25) is 0 Å². The van der Waals surface area contributed by atoms with Gasteiger partial charge in [-0.1, -0.05) is 0 Å². The summed E-state index contributed by atoms with van der Waals surface area (Å²) in [5.74, 6) is 0.327. The molecule has 1 aliphatic heterocycles. The third-order valence-electron chi connectivity index (χ3n) is 3.52. The predicted molar refractivity (Wildman–Crippen MR) is 82.4 cm³/mol. The molecule has 9 heteroatoms. The van der Waals surface area contributed by atoms with Crippen LogP contribution in [-0.4, -0.2) is 41.4 Å². The number of sulfonamides is 1. The highest BCUT2D eigenvalue weighted by atomic mass is 32.2. The van der Waals surface area contributed by atoms with Gasteiger partial charge in [-0.15, -0.1) is 0 Å². The van der Waals surface area contributed by atoms with E-state index < -0.39 is 19.9 Å². The van der Waals surface area contributed by atoms with Gasteiger partial charge in [0.1, 0.15) is 9.84 Å². The number of anilines is 2. The fraction of sp³-hybridized carbons (Fsp3) is 0.500. The van der Waals surface area contributed by atoms with Gasteiger partial charge in [-0.2, -0.15) is 0 Å². The van der Waals surface area contributed by atoms with E-state index in [1.54, 1.807) is 6.07 Å². The zero-order chi connectivity index (χ0) is 15.7. The molecule has 7 nitrogen and oxygen atoms in total. The fourth-order valence-electron chi connectivity index (χ4n) is 2.21. The molecule has 0 unspecified atom stereocenters. The summed E-state index contributed by atoms with van der Waals surface area (Å²) in [5, 5.41) is 3.18. The van der Waals surface area contributed by atoms with E-state index in [-0.39, 0.29) is 22.4 Å². The van der Waals surface area contributed by atoms with Crippen LogP contribution < -0.4 is 15.8 Å². The molecule has 0 aromatic heterocycles. The van der Waals surface area contributed by atoms with Gasteiger partial charge in [0.2, 0.25) is 10.0 Å². The summed E-state index contributed by atoms with van der Waals surface area (Å²) in [7, 11) is -5.10. The molecule has 1 aliphatic rings. The number of nitrogens with two attached hydrogens (primary N) is 1. The van der Waals surface area contributed by atoms with Crippen LogP contribution in [0.1, 0.15) is 12.8 Å². The van der Waals surface area contributed by atoms with Gasteiger partial charge in [0.05, 0.1) is 27.8 Å². The van der Waals surface area contributed by atoms with E-state index in [0.717, 1.165) is 0 Å². The molecule has 0 amide bonds. The van der Waals surface area contributed by atoms with Crippen LogP contribution in [0, 0.1) is 0 Å². The molecule has 1 saturated heterocycles. The summed E-state index contributed by atoms with van der Waals surface area (Å²) >= 11 is 0. The SMILES string of the molecule is CNS(=O)(=O)c1ccc(NC2CCS(=O)(=O)CC2)c(N)c1. The maximum atomic E-state index is 11.7. The maximum absolute atomic E-state index is 11.7. The minimum absolute atomic E-state index is 0.0302. The van der Waals surface area contributed by atoms with E-state index in [9.17, 15) is 16.8 Å². The van der Waals surface area contributed by atoms with Gasteiger partial charge < -0.3 is 11.1 Å². The smallest absolute Gasteiger partial charge is 0.240 e. The largest absolute Gasteiger partial charge is 0.397 e. The Morgan fingerprint density at radius 3 is 2.38 bits per heavy atom. The molecule has 0 atom stereocenters. The average molecular weight is 333 g/mol. The molecule has 0 radical (unpaired) electrons. The fourth-order valence-corrected chi connectivity index (χ4v) is 4.47. The molecule has 0 spiro atoms. The molecule has 0 aliphatic carbocycles. The van der Waals surface area contributed by atoms with Crippen LogP contribution >= 0.6 is 0 Å². The topological polar surface area (TPSA) is 118 Å². The quantitative estimate of drug-likeness (QED) is 0.676. The monoisotopic (exact) mass is 333 g/mol. The lowest BCUT2D eigenvalue weighted by Gasteiger charge is -2.24. The molecule has 1 fully saturated rings. The van der Waals surface area contributed by atoms with Crippen molar-refractivity contribution < 1.29 is 16.8 Å². The number of benzene rings is 1. The van der Waals surface area contributed by atoms with Gasteiger partial charge in [0.25, 0.3) is 0 Å². The maximum Gasteiger partial charge on any atom is 0.240 e. The Hall–Kier alpha value is -1.32. The van der Waals surface area contributed by atoms with Crippen molar-refractivity contribution >= 4 is 31.2 Å². The summed E-state index contributed by atoms with van der Waals surface area (Å²) in [6, 6.07) is 4.48. The Labute approximate surface area is 124 Å². The van der Waals surface area contributed by atoms with Gasteiger partial charge in [0, 0.05) is 6.04 Å². The van der Waals surface area contributed by atoms with Gasteiger partial charge in [0.15, 0.2) is 0 Å². The van der Waals surface area contributed by atoms with E-state index >= 15 is 0 Å². The summed E-state index contributed by atoms with van der Waals surface area (Å²) in [6.45, 7) is 0. The van der Waals surface area contributed by atoms with Gasteiger partial charge in [-0.3, -0.25) is 0 Å². The molecular formula is C12H19N3O4S2. The van der Waals surface area contributed by atoms with Crippen LogP contribution in [0.15, 0.2) is 23.1 Å². The highest BCUT2D eigenvalue weighted by molar-refractivity contribution is 7.91. The standard InChI is InChI=1S/C12H19N3O4S2/c1-14-21(18,19)10-2-3-12(11(13)8-10)15-9-4-6-20(16,17)7-5-9/h2-3,8-9,14-15H,4-7,13H2,1H3. The molecule has 1 heterocycles. The molecule has 0 saturated carbocycles. The first-order valence-electron chi connectivity index (χ1n) is 6.53. The zero-order valence-electron chi connectivity index (χ0n) is 11.7. The number of sulfone groups is 1. The van der Waals surface area contributed by atoms with E-state index in [1.165, 1.54) is 19.2 Å². The highest BCUT2D eigenvalue weighted by Crippen LogP contribution is 2.25. The van der Waals surface area contributed by atoms with E-state index in [4.69, 9.17) is 5.73 Å². The summed E-state index contributed by atoms with van der Waals surface area (Å²) in [4.78, 5) is 0.0965. The number of rotatable bonds is 4. The van der Waals surface area contributed by atoms with Gasteiger partial charge in [-0.25, -0.2) is 21.6 Å². The molecule has 1 aromatic rings. The van der Waals surface area contributed by atoms with Crippen molar-refractivity contribution in [3.05, 3.63) is 18.2 Å². The van der Waals surface area contributed by atoms with E-state index in [1.807, 2.05) is 0 Å². The second kappa shape index (κ2) is 5.82. The van der Waals surface area contributed by atoms with Gasteiger partial charge >= 0.3 is 0 Å². The van der Waals surface area contributed by atoms with E-state index in [2.05, 4.69) is 10.0 Å². The zero-order valence-corrected chi connectivity index (χ0v) is 13.3. The number of nitrogen functional groups attached to an aromatic ring is 1. The minimum Gasteiger partial charge on any atom is -0.397 e. The third-order valence-corrected chi connectivity index (χ3v) is 6.64. The number of nitrogens with one attached hydrogen (secondary N) is 2. The van der Waals surface area contributed by atoms with Crippen LogP contribution in [-0.2, 0) is 19.9 Å². The molecule has 4 N–H and O–H groups in total. The van der Waals surface area contributed by atoms with Crippen LogP contribution in [0.25, 0.3) is 0 Å². The van der Waals surface area contributed by atoms with Crippen molar-refractivity contribution in [2.24, 2.45) is 0 Å². The Balaban J connectivity index is 2.12. The molecule has 118 valence electrons. The van der Waals surface area contributed by atoms with Crippen molar-refractivity contribution in [3.63, 3.8) is 0 Å². The Bertz CT molecular complexity index is 715. The number of hydrogen-bond acceptors (Lipinski definition) is 6. The molecule has 21 heavy (non-hydrogen) atoms. The first kappa shape index (κ1) is 16.1. The molecular weight excluding hydrogens is 314 g/mol. The summed E-state index contributed by atoms with van der Waals surface area (Å²) < 4.78 is 48.3. The first-order chi connectivity index (χ1) is 9.73. The molecule has 0 bridgehead atoms. The molecule has 1 aromatic carbocycles. The highest BCUT2D eigenvalue weighted by Gasteiger charge is 2.24. The van der Waals surface area contributed by atoms with E-state index in [0.29, 0.717) is 24.2 Å². The summed E-state index contributed by atoms with van der Waals surface area (Å²) in [6.07, 6.45) is 1.05. The lowest BCUT2D eigenvalue weighted by Crippen LogP contribution is -2.32. The predicted octanol–water partition coefficient (Wildman–Crippen LogP) is 0.166. The van der Waals surface area contributed by atoms with Crippen molar-refractivity contribution in [1.82, 2.24) is 4.72 Å². The summed E-state index contributed by atoms with van der Waals surface area (Å²) in [5.41, 5.74) is 6.81. The van der Waals surface area contributed by atoms with Crippen molar-refractivity contribution in [2.75, 3.05) is 29.6 Å². The van der Waals surface area contributed by atoms with Crippen molar-refractivity contribution in [2.45, 2.75) is 23.8 Å². The average Bonchev–Trinajstić information content (AvgIpc) is 2.43. The van der Waals surface area contributed by atoms with Gasteiger partial charge in [-0.05, 0) is 38.1 Å². The van der Waals surface area contributed by atoms with Crippen LogP contribution in [0.5, 0.6) is 0 Å². The Morgan fingerprint density at radius 1 is 1.24 bits per heavy atom. The Morgan fingerprint density at radius 2 is 1.86 bits per heavy atom. The lowest BCUT2D eigenvalue weighted by atomic mass is 10.1. The van der Waals surface area contributed by atoms with Crippen LogP contribution in [0.3, 0.4) is 0 Å². The normalized spacial score (nSPS) is 19.3. The Kier molecular flexibility index (Phi) is 4.45. The molecule has 2 rings (SSSR count). The van der Waals surface area contributed by atoms with Crippen LogP contribution in [0.4, 0.5) is 11.4 Å². The minimum atomic E-state index is -3.52. The number of hydrogen-bond donors (Lipinski definition) is 3. The van der Waals surface area contributed by atoms with Crippen molar-refractivity contribution in [1.29, 1.82) is 0 Å². The van der Waals surface area contributed by atoms with Crippen molar-refractivity contribution in [3.8, 4) is 0 Å². The third kappa shape index (κ3) is 3.86. The second-order valence-electron chi connectivity index (χ2n) is 5.03. The first-order valence-corrected chi connectivity index (χ1v) is 9.84. The lowest BCUT2D eigenvalue weighted by molar-refractivity contribution is 0.559. The second-order valence-corrected chi connectivity index (χ2v) is 9.22.